The smallest absolute Gasteiger partial charge is 0.243 e. The van der Waals surface area contributed by atoms with Crippen LogP contribution in [-0.4, -0.2) is 12.5 Å². The van der Waals surface area contributed by atoms with E-state index in [-0.39, 0.29) is 0 Å². The van der Waals surface area contributed by atoms with Crippen molar-refractivity contribution in [3.63, 3.8) is 0 Å². The molecule has 1 aliphatic heterocycles. The molecule has 5 nitrogen and oxygen atoms in total. The SMILES string of the molecule is CCOc1ccccc1[C@H]1C(C#N)=C(SCc2ccccc2)NC(=O)[C@@H]1C#N. The molecule has 2 atom stereocenters. The Kier molecular flexibility index (Phi) is 6.37. The first-order valence-corrected chi connectivity index (χ1v) is 9.91. The topological polar surface area (TPSA) is 85.9 Å². The third-order valence-corrected chi connectivity index (χ3v) is 5.54. The van der Waals surface area contributed by atoms with Crippen molar-refractivity contribution in [2.24, 2.45) is 5.92 Å². The molecule has 2 aromatic rings. The number of allylic oxidation sites excluding steroid dienone is 1. The van der Waals surface area contributed by atoms with E-state index in [2.05, 4.69) is 17.5 Å². The minimum absolute atomic E-state index is 0.388. The van der Waals surface area contributed by atoms with Crippen molar-refractivity contribution in [3.05, 3.63) is 76.3 Å². The molecule has 28 heavy (non-hydrogen) atoms. The maximum absolute atomic E-state index is 12.6. The number of nitrogens with one attached hydrogen (secondary N) is 1. The molecule has 0 spiro atoms. The summed E-state index contributed by atoms with van der Waals surface area (Å²) in [5, 5.41) is 22.8. The zero-order valence-electron chi connectivity index (χ0n) is 15.4. The van der Waals surface area contributed by atoms with Gasteiger partial charge < -0.3 is 10.1 Å². The average Bonchev–Trinajstić information content (AvgIpc) is 2.73. The highest BCUT2D eigenvalue weighted by Crippen LogP contribution is 2.43. The molecule has 0 unspecified atom stereocenters. The van der Waals surface area contributed by atoms with Crippen LogP contribution in [0.1, 0.15) is 24.0 Å². The summed E-state index contributed by atoms with van der Waals surface area (Å²) in [7, 11) is 0. The molecule has 0 aliphatic carbocycles. The molecule has 2 aromatic carbocycles. The van der Waals surface area contributed by atoms with Gasteiger partial charge in [-0.05, 0) is 18.6 Å². The lowest BCUT2D eigenvalue weighted by molar-refractivity contribution is -0.123. The van der Waals surface area contributed by atoms with Crippen molar-refractivity contribution in [2.75, 3.05) is 6.61 Å². The van der Waals surface area contributed by atoms with Gasteiger partial charge in [-0.1, -0.05) is 48.5 Å². The summed E-state index contributed by atoms with van der Waals surface area (Å²) in [4.78, 5) is 12.6. The lowest BCUT2D eigenvalue weighted by atomic mass is 9.79. The van der Waals surface area contributed by atoms with E-state index in [0.717, 1.165) is 5.56 Å². The first-order valence-electron chi connectivity index (χ1n) is 8.92. The van der Waals surface area contributed by atoms with Crippen molar-refractivity contribution in [3.8, 4) is 17.9 Å². The van der Waals surface area contributed by atoms with E-state index < -0.39 is 17.7 Å². The van der Waals surface area contributed by atoms with Gasteiger partial charge in [0.2, 0.25) is 5.91 Å². The molecule has 0 saturated heterocycles. The molecule has 0 radical (unpaired) electrons. The molecule has 0 fully saturated rings. The van der Waals surface area contributed by atoms with E-state index in [9.17, 15) is 15.3 Å². The van der Waals surface area contributed by atoms with E-state index in [4.69, 9.17) is 4.74 Å². The molecule has 1 heterocycles. The summed E-state index contributed by atoms with van der Waals surface area (Å²) >= 11 is 1.39. The molecular weight excluding hydrogens is 370 g/mol. The predicted molar refractivity (Wildman–Crippen MR) is 108 cm³/mol. The fraction of sp³-hybridized carbons (Fsp3) is 0.227. The normalized spacial score (nSPS) is 18.8. The van der Waals surface area contributed by atoms with Crippen LogP contribution in [-0.2, 0) is 10.5 Å². The molecule has 140 valence electrons. The lowest BCUT2D eigenvalue weighted by Gasteiger charge is -2.29. The van der Waals surface area contributed by atoms with Crippen LogP contribution in [0.2, 0.25) is 0 Å². The highest BCUT2D eigenvalue weighted by molar-refractivity contribution is 8.02. The molecule has 1 amide bonds. The third kappa shape index (κ3) is 4.03. The Balaban J connectivity index is 2.03. The number of carbonyl (C=O) groups excluding carboxylic acids is 1. The van der Waals surface area contributed by atoms with Gasteiger partial charge in [0.15, 0.2) is 0 Å². The summed E-state index contributed by atoms with van der Waals surface area (Å²) in [6, 6.07) is 21.4. The van der Waals surface area contributed by atoms with Crippen LogP contribution in [0.15, 0.2) is 65.2 Å². The van der Waals surface area contributed by atoms with Gasteiger partial charge in [-0.2, -0.15) is 10.5 Å². The largest absolute Gasteiger partial charge is 0.494 e. The number of thioether (sulfide) groups is 1. The summed E-state index contributed by atoms with van der Waals surface area (Å²) in [6.07, 6.45) is 0. The van der Waals surface area contributed by atoms with Gasteiger partial charge in [0.05, 0.1) is 35.3 Å². The zero-order chi connectivity index (χ0) is 19.9. The quantitative estimate of drug-likeness (QED) is 0.804. The summed E-state index contributed by atoms with van der Waals surface area (Å²) in [6.45, 7) is 2.32. The molecule has 0 saturated carbocycles. The Morgan fingerprint density at radius 2 is 1.82 bits per heavy atom. The Bertz CT molecular complexity index is 973. The number of benzene rings is 2. The Labute approximate surface area is 168 Å². The van der Waals surface area contributed by atoms with Gasteiger partial charge in [-0.25, -0.2) is 0 Å². The van der Waals surface area contributed by atoms with Crippen molar-refractivity contribution < 1.29 is 9.53 Å². The van der Waals surface area contributed by atoms with Crippen molar-refractivity contribution in [2.45, 2.75) is 18.6 Å². The number of rotatable bonds is 6. The van der Waals surface area contributed by atoms with Crippen molar-refractivity contribution in [1.29, 1.82) is 10.5 Å². The first-order chi connectivity index (χ1) is 13.7. The number of para-hydroxylation sites is 1. The Hall–Kier alpha value is -3.22. The summed E-state index contributed by atoms with van der Waals surface area (Å²) in [5.41, 5.74) is 2.15. The van der Waals surface area contributed by atoms with Crippen molar-refractivity contribution in [1.82, 2.24) is 5.32 Å². The molecular formula is C22H19N3O2S. The Morgan fingerprint density at radius 3 is 2.50 bits per heavy atom. The number of nitrogens with zero attached hydrogens (tertiary/aromatic N) is 2. The predicted octanol–water partition coefficient (Wildman–Crippen LogP) is 4.11. The molecule has 1 N–H and O–H groups in total. The van der Waals surface area contributed by atoms with Gasteiger partial charge in [0.1, 0.15) is 11.7 Å². The zero-order valence-corrected chi connectivity index (χ0v) is 16.2. The Morgan fingerprint density at radius 1 is 1.11 bits per heavy atom. The molecule has 6 heteroatoms. The van der Waals surface area contributed by atoms with Crippen LogP contribution in [0.3, 0.4) is 0 Å². The van der Waals surface area contributed by atoms with Gasteiger partial charge in [-0.3, -0.25) is 4.79 Å². The fourth-order valence-electron chi connectivity index (χ4n) is 3.17. The molecule has 1 aliphatic rings. The second-order valence-corrected chi connectivity index (χ2v) is 7.16. The molecule has 3 rings (SSSR count). The maximum Gasteiger partial charge on any atom is 0.243 e. The molecule has 0 bridgehead atoms. The minimum Gasteiger partial charge on any atom is -0.494 e. The van der Waals surface area contributed by atoms with Gasteiger partial charge in [-0.15, -0.1) is 11.8 Å². The van der Waals surface area contributed by atoms with Crippen LogP contribution in [0.5, 0.6) is 5.75 Å². The molecule has 0 aromatic heterocycles. The number of nitriles is 2. The number of ether oxygens (including phenoxy) is 1. The van der Waals surface area contributed by atoms with Crippen LogP contribution in [0.4, 0.5) is 0 Å². The monoisotopic (exact) mass is 389 g/mol. The number of hydrogen-bond acceptors (Lipinski definition) is 5. The van der Waals surface area contributed by atoms with E-state index >= 15 is 0 Å². The van der Waals surface area contributed by atoms with E-state index in [1.165, 1.54) is 11.8 Å². The van der Waals surface area contributed by atoms with Gasteiger partial charge in [0.25, 0.3) is 0 Å². The van der Waals surface area contributed by atoms with Crippen LogP contribution in [0.25, 0.3) is 0 Å². The van der Waals surface area contributed by atoms with Crippen LogP contribution >= 0.6 is 11.8 Å². The second-order valence-electron chi connectivity index (χ2n) is 6.17. The van der Waals surface area contributed by atoms with E-state index in [1.807, 2.05) is 55.5 Å². The van der Waals surface area contributed by atoms with E-state index in [0.29, 0.717) is 34.3 Å². The van der Waals surface area contributed by atoms with Gasteiger partial charge in [0, 0.05) is 11.3 Å². The lowest BCUT2D eigenvalue weighted by Crippen LogP contribution is -2.39. The van der Waals surface area contributed by atoms with Gasteiger partial charge >= 0.3 is 0 Å². The average molecular weight is 389 g/mol. The fourth-order valence-corrected chi connectivity index (χ4v) is 4.18. The summed E-state index contributed by atoms with van der Waals surface area (Å²) in [5.74, 6) is -0.848. The highest BCUT2D eigenvalue weighted by Gasteiger charge is 2.40. The van der Waals surface area contributed by atoms with Crippen LogP contribution in [0, 0.1) is 28.6 Å². The number of hydrogen-bond donors (Lipinski definition) is 1. The number of carbonyl (C=O) groups is 1. The standard InChI is InChI=1S/C22H19N3O2S/c1-2-27-19-11-7-6-10-16(19)20-17(12-23)21(26)25-22(18(20)13-24)28-14-15-8-4-3-5-9-15/h3-11,17,20H,2,14H2,1H3,(H,25,26)/t17-,20-/m1/s1. The van der Waals surface area contributed by atoms with E-state index in [1.54, 1.807) is 6.07 Å². The highest BCUT2D eigenvalue weighted by atomic mass is 32.2. The van der Waals surface area contributed by atoms with Crippen molar-refractivity contribution >= 4 is 17.7 Å². The third-order valence-electron chi connectivity index (χ3n) is 4.45. The van der Waals surface area contributed by atoms with Crippen LogP contribution < -0.4 is 10.1 Å². The summed E-state index contributed by atoms with van der Waals surface area (Å²) < 4.78 is 5.70. The number of amides is 1. The second kappa shape index (κ2) is 9.12. The minimum atomic E-state index is -0.989. The first kappa shape index (κ1) is 19.5. The maximum atomic E-state index is 12.6.